The maximum Gasteiger partial charge on any atom is 0.254 e. The number of carbonyl (C=O) groups excluding carboxylic acids is 3. The normalized spacial score (nSPS) is 15.9. The van der Waals surface area contributed by atoms with Crippen molar-refractivity contribution in [3.63, 3.8) is 0 Å². The third kappa shape index (κ3) is 11.0. The number of rotatable bonds is 6. The molecule has 1 saturated heterocycles. The zero-order valence-electron chi connectivity index (χ0n) is 40.7. The Balaban J connectivity index is 1.36. The molecule has 10 heteroatoms. The number of likely N-dealkylation sites (tertiary alicyclic amines) is 1. The van der Waals surface area contributed by atoms with E-state index in [9.17, 15) is 14.4 Å². The van der Waals surface area contributed by atoms with Crippen LogP contribution in [0.5, 0.6) is 23.0 Å². The largest absolute Gasteiger partial charge is 0.493 e. The predicted octanol–water partition coefficient (Wildman–Crippen LogP) is 11.0. The summed E-state index contributed by atoms with van der Waals surface area (Å²) in [6.45, 7) is 23.7. The lowest BCUT2D eigenvalue weighted by Crippen LogP contribution is -2.45. The molecule has 4 aliphatic heterocycles. The third-order valence-electron chi connectivity index (χ3n) is 13.5. The summed E-state index contributed by atoms with van der Waals surface area (Å²) in [5.41, 5.74) is 8.84. The van der Waals surface area contributed by atoms with E-state index >= 15 is 0 Å². The minimum atomic E-state index is -0.256. The number of piperidine rings is 1. The van der Waals surface area contributed by atoms with Gasteiger partial charge >= 0.3 is 0 Å². The van der Waals surface area contributed by atoms with E-state index in [1.54, 1.807) is 16.7 Å². The van der Waals surface area contributed by atoms with Gasteiger partial charge in [0.1, 0.15) is 23.0 Å². The monoisotopic (exact) mass is 888 g/mol. The second-order valence-electron chi connectivity index (χ2n) is 17.8. The van der Waals surface area contributed by atoms with E-state index in [0.29, 0.717) is 99.4 Å². The smallest absolute Gasteiger partial charge is 0.254 e. The number of ether oxygens (including phenoxy) is 4. The highest BCUT2D eigenvalue weighted by Crippen LogP contribution is 2.46. The topological polar surface area (TPSA) is 97.9 Å². The fourth-order valence-corrected chi connectivity index (χ4v) is 9.87. The number of amides is 3. The van der Waals surface area contributed by atoms with Gasteiger partial charge in [0.05, 0.1) is 37.6 Å². The van der Waals surface area contributed by atoms with Gasteiger partial charge in [0.15, 0.2) is 0 Å². The van der Waals surface area contributed by atoms with Crippen LogP contribution in [0.15, 0.2) is 60.7 Å². The average Bonchev–Trinajstić information content (AvgIpc) is 3.29. The molecule has 4 bridgehead atoms. The molecular formula is C55H73N3O7. The lowest BCUT2D eigenvalue weighted by atomic mass is 9.67. The Morgan fingerprint density at radius 3 is 1.23 bits per heavy atom. The molecule has 0 radical (unpaired) electrons. The van der Waals surface area contributed by atoms with Crippen LogP contribution in [0.4, 0.5) is 0 Å². The van der Waals surface area contributed by atoms with Gasteiger partial charge in [-0.1, -0.05) is 36.4 Å². The van der Waals surface area contributed by atoms with E-state index in [0.717, 1.165) is 85.1 Å². The molecule has 4 aromatic rings. The molecule has 4 aliphatic rings. The summed E-state index contributed by atoms with van der Waals surface area (Å²) < 4.78 is 26.3. The van der Waals surface area contributed by atoms with Crippen molar-refractivity contribution in [2.45, 2.75) is 119 Å². The first-order valence-electron chi connectivity index (χ1n) is 24.2. The molecule has 65 heavy (non-hydrogen) atoms. The first-order valence-corrected chi connectivity index (χ1v) is 24.2. The molecule has 0 atom stereocenters. The van der Waals surface area contributed by atoms with Gasteiger partial charge in [-0.2, -0.15) is 0 Å². The van der Waals surface area contributed by atoms with Gasteiger partial charge in [0, 0.05) is 62.7 Å². The molecule has 0 unspecified atom stereocenters. The van der Waals surface area contributed by atoms with Crippen LogP contribution in [0.3, 0.4) is 0 Å². The van der Waals surface area contributed by atoms with E-state index in [-0.39, 0.29) is 23.1 Å². The van der Waals surface area contributed by atoms with Crippen molar-refractivity contribution in [1.82, 2.24) is 14.7 Å². The third-order valence-corrected chi connectivity index (χ3v) is 13.5. The second kappa shape index (κ2) is 22.6. The van der Waals surface area contributed by atoms with Crippen molar-refractivity contribution in [2.24, 2.45) is 0 Å². The Morgan fingerprint density at radius 1 is 0.538 bits per heavy atom. The molecule has 4 aromatic carbocycles. The van der Waals surface area contributed by atoms with Gasteiger partial charge in [0.25, 0.3) is 11.8 Å². The van der Waals surface area contributed by atoms with Crippen molar-refractivity contribution in [1.29, 1.82) is 0 Å². The Kier molecular flexibility index (Phi) is 17.0. The highest BCUT2D eigenvalue weighted by molar-refractivity contribution is 6.09. The summed E-state index contributed by atoms with van der Waals surface area (Å²) in [4.78, 5) is 46.7. The maximum atomic E-state index is 14.3. The molecule has 4 heterocycles. The molecule has 350 valence electrons. The van der Waals surface area contributed by atoms with Gasteiger partial charge < -0.3 is 33.6 Å². The molecule has 0 saturated carbocycles. The van der Waals surface area contributed by atoms with Crippen molar-refractivity contribution >= 4 is 17.7 Å². The Bertz CT molecular complexity index is 2100. The Morgan fingerprint density at radius 2 is 0.892 bits per heavy atom. The Labute approximate surface area is 388 Å². The van der Waals surface area contributed by atoms with Gasteiger partial charge in [-0.25, -0.2) is 0 Å². The van der Waals surface area contributed by atoms with E-state index < -0.39 is 0 Å². The minimum Gasteiger partial charge on any atom is -0.493 e. The molecule has 8 rings (SSSR count). The lowest BCUT2D eigenvalue weighted by molar-refractivity contribution is -0.130. The van der Waals surface area contributed by atoms with E-state index in [1.165, 1.54) is 11.1 Å². The van der Waals surface area contributed by atoms with Crippen LogP contribution in [-0.4, -0.2) is 98.1 Å². The molecule has 3 amide bonds. The fourth-order valence-electron chi connectivity index (χ4n) is 9.87. The molecule has 1 fully saturated rings. The van der Waals surface area contributed by atoms with Crippen molar-refractivity contribution in [2.75, 3.05) is 65.7 Å². The first kappa shape index (κ1) is 48.9. The van der Waals surface area contributed by atoms with Crippen LogP contribution in [0.2, 0.25) is 0 Å². The summed E-state index contributed by atoms with van der Waals surface area (Å²) in [5.74, 6) is 2.83. The SMILES string of the molecule is CCN(CC)C(=O)c1cccc2c1-c1c(cccc1C(=O)N(CC)CC)OCCCCCOc1c(C)cc(cc1C)C1(CCN(C(C)=O)CC1)c1cc(C)c(c(C)c1)OCCCCCO2. The van der Waals surface area contributed by atoms with Gasteiger partial charge in [-0.05, 0) is 164 Å². The van der Waals surface area contributed by atoms with Crippen molar-refractivity contribution < 1.29 is 33.3 Å². The molecular weight excluding hydrogens is 815 g/mol. The first-order chi connectivity index (χ1) is 31.4. The van der Waals surface area contributed by atoms with Crippen molar-refractivity contribution in [3.05, 3.63) is 105 Å². The second-order valence-corrected chi connectivity index (χ2v) is 17.8. The van der Waals surface area contributed by atoms with Crippen LogP contribution >= 0.6 is 0 Å². The zero-order valence-corrected chi connectivity index (χ0v) is 40.7. The standard InChI is InChI=1S/C55H73N3O7/c1-10-56(11-2)53(60)45-22-20-24-47-49(45)50-46(54(61)57(12-3)13-4)23-21-25-48(50)63-31-17-15-19-33-65-52-40(7)36-44(37-41(52)8)55(26-28-58(29-27-55)42(9)59)43-34-38(5)51(39(6)35-43)64-32-18-14-16-30-62-47/h20-25,34-37H,10-19,26-33H2,1-9H3. The van der Waals surface area contributed by atoms with Gasteiger partial charge in [-0.15, -0.1) is 0 Å². The van der Waals surface area contributed by atoms with E-state index in [1.807, 2.05) is 69.0 Å². The van der Waals surface area contributed by atoms with Gasteiger partial charge in [0.2, 0.25) is 5.91 Å². The lowest BCUT2D eigenvalue weighted by Gasteiger charge is -2.43. The predicted molar refractivity (Wildman–Crippen MR) is 260 cm³/mol. The number of nitrogens with zero attached hydrogens (tertiary/aromatic N) is 3. The quantitative estimate of drug-likeness (QED) is 0.190. The number of benzene rings is 4. The minimum absolute atomic E-state index is 0.119. The van der Waals surface area contributed by atoms with Gasteiger partial charge in [-0.3, -0.25) is 14.4 Å². The number of fused-ring (bicyclic) bond motifs is 2. The number of hydrogen-bond acceptors (Lipinski definition) is 7. The van der Waals surface area contributed by atoms with Crippen LogP contribution in [0, 0.1) is 27.7 Å². The molecule has 0 aromatic heterocycles. The highest BCUT2D eigenvalue weighted by atomic mass is 16.5. The molecule has 0 aliphatic carbocycles. The summed E-state index contributed by atoms with van der Waals surface area (Å²) >= 11 is 0. The number of carbonyl (C=O) groups is 3. The molecule has 10 nitrogen and oxygen atoms in total. The van der Waals surface area contributed by atoms with Crippen LogP contribution < -0.4 is 18.9 Å². The summed E-state index contributed by atoms with van der Waals surface area (Å²) in [6, 6.07) is 20.4. The highest BCUT2D eigenvalue weighted by Gasteiger charge is 2.40. The molecule has 1 spiro atoms. The van der Waals surface area contributed by atoms with Crippen LogP contribution in [0.25, 0.3) is 11.1 Å². The van der Waals surface area contributed by atoms with E-state index in [4.69, 9.17) is 18.9 Å². The summed E-state index contributed by atoms with van der Waals surface area (Å²) in [7, 11) is 0. The van der Waals surface area contributed by atoms with Crippen LogP contribution in [-0.2, 0) is 10.2 Å². The maximum absolute atomic E-state index is 14.3. The zero-order chi connectivity index (χ0) is 46.7. The number of hydrogen-bond donors (Lipinski definition) is 0. The Hall–Kier alpha value is -5.51. The van der Waals surface area contributed by atoms with Crippen molar-refractivity contribution in [3.8, 4) is 34.1 Å². The number of aryl methyl sites for hydroxylation is 4. The summed E-state index contributed by atoms with van der Waals surface area (Å²) in [6.07, 6.45) is 6.67. The molecule has 0 N–H and O–H groups in total. The summed E-state index contributed by atoms with van der Waals surface area (Å²) in [5, 5.41) is 0. The fraction of sp³-hybridized carbons (Fsp3) is 0.509. The van der Waals surface area contributed by atoms with Crippen LogP contribution in [0.1, 0.15) is 140 Å². The van der Waals surface area contributed by atoms with E-state index in [2.05, 4.69) is 52.0 Å². The average molecular weight is 888 g/mol.